The van der Waals surface area contributed by atoms with E-state index in [1.165, 1.54) is 0 Å². The Morgan fingerprint density at radius 3 is 2.50 bits per heavy atom. The molecule has 0 saturated carbocycles. The van der Waals surface area contributed by atoms with E-state index in [1.807, 2.05) is 0 Å². The lowest BCUT2D eigenvalue weighted by atomic mass is 9.77. The molecule has 0 unspecified atom stereocenters. The fourth-order valence-corrected chi connectivity index (χ4v) is 0.751. The Morgan fingerprint density at radius 1 is 1.43 bits per heavy atom. The number of hydrogen-bond acceptors (Lipinski definition) is 2. The first-order valence-corrected chi connectivity index (χ1v) is 3.37. The van der Waals surface area contributed by atoms with Crippen molar-refractivity contribution in [1.82, 2.24) is 0 Å². The average Bonchev–Trinajstić information content (AvgIpc) is 2.18. The molecule has 0 spiro atoms. The monoisotopic (exact) mass is 210 g/mol. The van der Waals surface area contributed by atoms with E-state index in [-0.39, 0.29) is 0 Å². The number of benzene rings is 1. The quantitative estimate of drug-likeness (QED) is 0.669. The van der Waals surface area contributed by atoms with Crippen LogP contribution in [0.1, 0.15) is 19.4 Å². The number of hydrogen-bond donors (Lipinski definition) is 2. The molecule has 2 N–H and O–H groups in total. The van der Waals surface area contributed by atoms with Crippen LogP contribution in [-0.4, -0.2) is 17.2 Å². The van der Waals surface area contributed by atoms with Gasteiger partial charge in [-0.05, 0) is 18.4 Å². The van der Waals surface area contributed by atoms with Gasteiger partial charge in [-0.3, -0.25) is 0 Å². The van der Waals surface area contributed by atoms with E-state index < -0.39 is 54.9 Å². The van der Waals surface area contributed by atoms with Crippen LogP contribution >= 0.6 is 0 Å². The number of alkyl halides is 3. The minimum Gasteiger partial charge on any atom is -0.423 e. The molecule has 0 aliphatic carbocycles. The van der Waals surface area contributed by atoms with Crippen molar-refractivity contribution in [1.29, 1.82) is 0 Å². The van der Waals surface area contributed by atoms with E-state index in [0.29, 0.717) is 0 Å². The van der Waals surface area contributed by atoms with Gasteiger partial charge in [0.25, 0.3) is 0 Å². The fraction of sp³-hybridized carbons (Fsp3) is 0.250. The molecule has 0 heterocycles. The topological polar surface area (TPSA) is 40.5 Å². The fourth-order valence-electron chi connectivity index (χ4n) is 0.751. The summed E-state index contributed by atoms with van der Waals surface area (Å²) in [4.78, 5) is 0. The zero-order valence-electron chi connectivity index (χ0n) is 12.6. The Labute approximate surface area is 87.6 Å². The average molecular weight is 210 g/mol. The molecule has 6 heteroatoms. The summed E-state index contributed by atoms with van der Waals surface area (Å²) in [7, 11) is -2.58. The molecule has 0 saturated heterocycles. The number of rotatable bonds is 1. The van der Waals surface area contributed by atoms with Gasteiger partial charge in [0.1, 0.15) is 0 Å². The Balaban J connectivity index is 3.95. The molecule has 2 nitrogen and oxygen atoms in total. The van der Waals surface area contributed by atoms with Gasteiger partial charge in [-0.1, -0.05) is 17.6 Å². The van der Waals surface area contributed by atoms with Crippen LogP contribution in [0, 0.1) is 6.85 Å². The van der Waals surface area contributed by atoms with Crippen LogP contribution in [0.3, 0.4) is 0 Å². The minimum atomic E-state index is -5.21. The van der Waals surface area contributed by atoms with E-state index in [2.05, 4.69) is 0 Å². The molecule has 0 bridgehead atoms. The second-order valence-corrected chi connectivity index (χ2v) is 2.41. The summed E-state index contributed by atoms with van der Waals surface area (Å²) in [5.74, 6) is 0. The highest BCUT2D eigenvalue weighted by Crippen LogP contribution is 2.28. The normalized spacial score (nSPS) is 18.6. The Morgan fingerprint density at radius 2 is 2.07 bits per heavy atom. The maximum Gasteiger partial charge on any atom is 0.488 e. The molecule has 0 amide bonds. The highest BCUT2D eigenvalue weighted by atomic mass is 19.4. The third-order valence-electron chi connectivity index (χ3n) is 1.38. The second-order valence-electron chi connectivity index (χ2n) is 2.41. The third-order valence-corrected chi connectivity index (χ3v) is 1.38. The van der Waals surface area contributed by atoms with Gasteiger partial charge < -0.3 is 10.0 Å². The van der Waals surface area contributed by atoms with E-state index in [0.717, 1.165) is 0 Å². The molecule has 1 aromatic carbocycles. The van der Waals surface area contributed by atoms with Crippen LogP contribution in [0.15, 0.2) is 18.1 Å². The van der Waals surface area contributed by atoms with Gasteiger partial charge in [-0.2, -0.15) is 13.2 Å². The highest BCUT2D eigenvalue weighted by Gasteiger charge is 2.31. The first-order chi connectivity index (χ1) is 8.80. The van der Waals surface area contributed by atoms with Crippen molar-refractivity contribution in [3.05, 3.63) is 29.3 Å². The van der Waals surface area contributed by atoms with E-state index in [1.54, 1.807) is 0 Å². The molecule has 0 aliphatic heterocycles. The summed E-state index contributed by atoms with van der Waals surface area (Å²) < 4.78 is 81.4. The van der Waals surface area contributed by atoms with Crippen LogP contribution in [0.25, 0.3) is 0 Å². The largest absolute Gasteiger partial charge is 0.488 e. The highest BCUT2D eigenvalue weighted by molar-refractivity contribution is 6.59. The molecule has 0 aliphatic rings. The first kappa shape index (κ1) is 5.18. The van der Waals surface area contributed by atoms with Crippen LogP contribution in [0.5, 0.6) is 0 Å². The molecule has 0 aromatic heterocycles. The van der Waals surface area contributed by atoms with E-state index >= 15 is 0 Å². The van der Waals surface area contributed by atoms with Crippen molar-refractivity contribution in [3.8, 4) is 0 Å². The Kier molecular flexibility index (Phi) is 1.34. The van der Waals surface area contributed by atoms with Crippen molar-refractivity contribution >= 4 is 12.6 Å². The smallest absolute Gasteiger partial charge is 0.423 e. The predicted octanol–water partition coefficient (Wildman–Crippen LogP) is 0.694. The maximum atomic E-state index is 12.8. The summed E-state index contributed by atoms with van der Waals surface area (Å²) in [6.07, 6.45) is -5.21. The molecule has 1 aromatic rings. The van der Waals surface area contributed by atoms with E-state index in [9.17, 15) is 13.2 Å². The summed E-state index contributed by atoms with van der Waals surface area (Å²) in [5.41, 5.74) is -4.27. The Hall–Kier alpha value is -1.01. The lowest BCUT2D eigenvalue weighted by Crippen LogP contribution is -2.32. The lowest BCUT2D eigenvalue weighted by Gasteiger charge is -2.10. The van der Waals surface area contributed by atoms with Gasteiger partial charge in [0.05, 0.1) is 9.68 Å². The molecule has 0 atom stereocenters. The summed E-state index contributed by atoms with van der Waals surface area (Å²) in [6.45, 7) is -3.26. The Bertz CT molecular complexity index is 543. The van der Waals surface area contributed by atoms with Crippen molar-refractivity contribution in [2.75, 3.05) is 0 Å². The minimum absolute atomic E-state index is 1.09. The van der Waals surface area contributed by atoms with Gasteiger partial charge >= 0.3 is 13.3 Å². The molecule has 1 rings (SSSR count). The molecule has 76 valence electrons. The van der Waals surface area contributed by atoms with Gasteiger partial charge in [0.2, 0.25) is 0 Å². The third kappa shape index (κ3) is 2.27. The predicted molar refractivity (Wildman–Crippen MR) is 46.0 cm³/mol. The van der Waals surface area contributed by atoms with Crippen LogP contribution in [-0.2, 0) is 6.18 Å². The SMILES string of the molecule is [2H]c1c([2H])c(C(F)(F)F)c([2H])c(C([2H])([2H])[2H])c1B(O)O. The van der Waals surface area contributed by atoms with Gasteiger partial charge in [-0.25, -0.2) is 0 Å². The van der Waals surface area contributed by atoms with Crippen LogP contribution in [0.4, 0.5) is 13.2 Å². The zero-order chi connectivity index (χ0) is 16.0. The van der Waals surface area contributed by atoms with Crippen molar-refractivity contribution < 1.29 is 31.4 Å². The van der Waals surface area contributed by atoms with E-state index in [4.69, 9.17) is 18.3 Å². The van der Waals surface area contributed by atoms with Crippen LogP contribution < -0.4 is 5.46 Å². The zero-order valence-corrected chi connectivity index (χ0v) is 6.61. The van der Waals surface area contributed by atoms with Crippen molar-refractivity contribution in [2.45, 2.75) is 13.0 Å². The molecule has 0 fully saturated rings. The summed E-state index contributed by atoms with van der Waals surface area (Å²) >= 11 is 0. The maximum absolute atomic E-state index is 12.8. The summed E-state index contributed by atoms with van der Waals surface area (Å²) in [5, 5.41) is 18.1. The van der Waals surface area contributed by atoms with Crippen molar-refractivity contribution in [2.24, 2.45) is 0 Å². The van der Waals surface area contributed by atoms with Crippen LogP contribution in [0.2, 0.25) is 0 Å². The van der Waals surface area contributed by atoms with Crippen molar-refractivity contribution in [3.63, 3.8) is 0 Å². The van der Waals surface area contributed by atoms with Gasteiger partial charge in [0, 0.05) is 4.11 Å². The standard InChI is InChI=1S/C8H8BF3O2/c1-5-4-6(8(10,11)12)2-3-7(5)9(13)14/h2-4,13-14H,1H3/i1D3,2D,3D,4D. The first-order valence-electron chi connectivity index (χ1n) is 6.37. The van der Waals surface area contributed by atoms with Gasteiger partial charge in [0.15, 0.2) is 0 Å². The van der Waals surface area contributed by atoms with Gasteiger partial charge in [-0.15, -0.1) is 0 Å². The lowest BCUT2D eigenvalue weighted by molar-refractivity contribution is -0.137. The molecule has 0 radical (unpaired) electrons. The molecule has 14 heavy (non-hydrogen) atoms. The molecular formula is C8H8BF3O2. The molecular weight excluding hydrogens is 196 g/mol. The second kappa shape index (κ2) is 3.63. The summed E-state index contributed by atoms with van der Waals surface area (Å²) in [6, 6.07) is -4.31. The number of halogens is 3.